The minimum atomic E-state index is -3.01. The van der Waals surface area contributed by atoms with Crippen LogP contribution in [0.2, 0.25) is 0 Å². The predicted octanol–water partition coefficient (Wildman–Crippen LogP) is 2.83. The number of amides is 1. The quantitative estimate of drug-likeness (QED) is 0.255. The number of carbonyl (C=O) groups excluding carboxylic acids is 1. The van der Waals surface area contributed by atoms with Gasteiger partial charge in [0, 0.05) is 23.3 Å². The monoisotopic (exact) mass is 504 g/mol. The molecule has 11 nitrogen and oxygen atoms in total. The van der Waals surface area contributed by atoms with Crippen molar-refractivity contribution in [1.29, 1.82) is 0 Å². The molecule has 0 spiro atoms. The molecule has 2 aromatic rings. The molecule has 2 atom stereocenters. The molecule has 1 aliphatic heterocycles. The number of nitrogens with zero attached hydrogens (tertiary/aromatic N) is 3. The number of aromatic nitrogens is 2. The van der Waals surface area contributed by atoms with Gasteiger partial charge in [0.1, 0.15) is 6.10 Å². The lowest BCUT2D eigenvalue weighted by Gasteiger charge is -2.30. The third-order valence-electron chi connectivity index (χ3n) is 5.45. The number of oxime groups is 1. The number of aliphatic hydroxyl groups excluding tert-OH is 1. The van der Waals surface area contributed by atoms with Gasteiger partial charge in [0.15, 0.2) is 17.6 Å². The Hall–Kier alpha value is -2.87. The van der Waals surface area contributed by atoms with Crippen LogP contribution >= 0.6 is 10.6 Å². The highest BCUT2D eigenvalue weighted by Crippen LogP contribution is 2.61. The molecule has 0 saturated carbocycles. The zero-order chi connectivity index (χ0) is 25.2. The first-order valence-corrected chi connectivity index (χ1v) is 12.5. The summed E-state index contributed by atoms with van der Waals surface area (Å²) >= 11 is 0. The second-order valence-electron chi connectivity index (χ2n) is 8.82. The lowest BCUT2D eigenvalue weighted by Crippen LogP contribution is -2.29. The van der Waals surface area contributed by atoms with Gasteiger partial charge in [-0.3, -0.25) is 18.9 Å². The number of allylic oxidation sites excluding steroid dienone is 2. The highest BCUT2D eigenvalue weighted by Gasteiger charge is 2.29. The summed E-state index contributed by atoms with van der Waals surface area (Å²) < 4.78 is 26.1. The fourth-order valence-electron chi connectivity index (χ4n) is 3.26. The van der Waals surface area contributed by atoms with Gasteiger partial charge in [0.05, 0.1) is 41.8 Å². The summed E-state index contributed by atoms with van der Waals surface area (Å²) in [4.78, 5) is 27.7. The van der Waals surface area contributed by atoms with Crippen LogP contribution in [-0.4, -0.2) is 65.8 Å². The van der Waals surface area contributed by atoms with Crippen molar-refractivity contribution in [2.45, 2.75) is 49.4 Å². The Balaban J connectivity index is 1.54. The molecule has 35 heavy (non-hydrogen) atoms. The first-order chi connectivity index (χ1) is 16.6. The first-order valence-electron chi connectivity index (χ1n) is 11.0. The summed E-state index contributed by atoms with van der Waals surface area (Å²) in [6.45, 7) is 3.80. The van der Waals surface area contributed by atoms with Crippen molar-refractivity contribution in [3.63, 3.8) is 0 Å². The van der Waals surface area contributed by atoms with Crippen LogP contribution in [0.3, 0.4) is 0 Å². The third kappa shape index (κ3) is 6.04. The van der Waals surface area contributed by atoms with Gasteiger partial charge in [0.2, 0.25) is 0 Å². The minimum absolute atomic E-state index is 0.0482. The number of hydrogen-bond donors (Lipinski definition) is 5. The molecule has 1 amide bonds. The first kappa shape index (κ1) is 25.2. The Morgan fingerprint density at radius 1 is 1.26 bits per heavy atom. The van der Waals surface area contributed by atoms with Gasteiger partial charge >= 0.3 is 0 Å². The Labute approximate surface area is 203 Å². The Kier molecular flexibility index (Phi) is 7.22. The molecule has 0 bridgehead atoms. The zero-order valence-corrected chi connectivity index (χ0v) is 20.1. The smallest absolute Gasteiger partial charge is 0.279 e. The average Bonchev–Trinajstić information content (AvgIpc) is 3.57. The van der Waals surface area contributed by atoms with Crippen molar-refractivity contribution in [3.8, 4) is 0 Å². The highest BCUT2D eigenvalue weighted by molar-refractivity contribution is 8.27. The maximum absolute atomic E-state index is 13.1. The van der Waals surface area contributed by atoms with E-state index in [-0.39, 0.29) is 23.3 Å². The van der Waals surface area contributed by atoms with Crippen molar-refractivity contribution in [2.75, 3.05) is 18.5 Å². The van der Waals surface area contributed by atoms with E-state index in [0.29, 0.717) is 41.4 Å². The fourth-order valence-corrected chi connectivity index (χ4v) is 4.62. The number of hydrogen-bond acceptors (Lipinski definition) is 10. The van der Waals surface area contributed by atoms with E-state index in [1.54, 1.807) is 18.2 Å². The number of anilines is 1. The molecule has 1 saturated heterocycles. The topological polar surface area (TPSA) is 167 Å². The Morgan fingerprint density at radius 3 is 2.51 bits per heavy atom. The van der Waals surface area contributed by atoms with Gasteiger partial charge in [-0.05, 0) is 26.0 Å². The van der Waals surface area contributed by atoms with Gasteiger partial charge < -0.3 is 25.1 Å². The van der Waals surface area contributed by atoms with Crippen LogP contribution in [0.15, 0.2) is 57.7 Å². The average molecular weight is 505 g/mol. The fraction of sp³-hybridized carbons (Fsp3) is 0.391. The standard InChI is InChI=1S/C23H28N4O7S/c1-23(2,30)21(28)18-11-25-19(12-24-18)26-22(29)20(27-34-15-9-10-33-13-15)14-3-5-16(6-4-14)35(31,32)17-7-8-17/h3-7,11-12,15,21,28,30-32H,8-10,13H2,1-2H3,(H,25,26,29)/t15-,21?/m1/s1. The maximum Gasteiger partial charge on any atom is 0.279 e. The molecule has 188 valence electrons. The van der Waals surface area contributed by atoms with E-state index in [1.807, 2.05) is 0 Å². The van der Waals surface area contributed by atoms with Crippen LogP contribution in [0.25, 0.3) is 0 Å². The number of carbonyl (C=O) groups is 1. The molecule has 2 heterocycles. The summed E-state index contributed by atoms with van der Waals surface area (Å²) in [5.74, 6) is -0.525. The molecule has 1 aromatic heterocycles. The van der Waals surface area contributed by atoms with Gasteiger partial charge in [-0.2, -0.15) is 0 Å². The summed E-state index contributed by atoms with van der Waals surface area (Å²) in [5.41, 5.74) is -0.917. The molecule has 2 aliphatic rings. The Morgan fingerprint density at radius 2 is 1.97 bits per heavy atom. The van der Waals surface area contributed by atoms with E-state index in [0.717, 1.165) is 0 Å². The van der Waals surface area contributed by atoms with Gasteiger partial charge in [-0.25, -0.2) is 4.98 Å². The van der Waals surface area contributed by atoms with Gasteiger partial charge in [0.25, 0.3) is 5.91 Å². The second-order valence-corrected chi connectivity index (χ2v) is 10.9. The van der Waals surface area contributed by atoms with E-state index in [9.17, 15) is 24.1 Å². The summed E-state index contributed by atoms with van der Waals surface area (Å²) in [6, 6.07) is 6.21. The van der Waals surface area contributed by atoms with Crippen LogP contribution in [0, 0.1) is 0 Å². The predicted molar refractivity (Wildman–Crippen MR) is 129 cm³/mol. The number of nitrogens with one attached hydrogen (secondary N) is 1. The SMILES string of the molecule is CC(C)(O)C(O)c1cnc(NC(=O)C(=NO[C@@H]2CCOC2)c2ccc(S(O)(O)C3=CC3)cc2)cn1. The number of rotatable bonds is 9. The number of ether oxygens (including phenoxy) is 1. The van der Waals surface area contributed by atoms with Crippen molar-refractivity contribution < 1.29 is 33.7 Å². The van der Waals surface area contributed by atoms with Crippen molar-refractivity contribution in [2.24, 2.45) is 5.16 Å². The molecule has 1 aromatic carbocycles. The zero-order valence-electron chi connectivity index (χ0n) is 19.3. The van der Waals surface area contributed by atoms with Crippen molar-refractivity contribution in [3.05, 3.63) is 58.9 Å². The molecular weight excluding hydrogens is 476 g/mol. The number of aliphatic hydroxyl groups is 2. The van der Waals surface area contributed by atoms with E-state index < -0.39 is 28.2 Å². The van der Waals surface area contributed by atoms with Gasteiger partial charge in [-0.15, -0.1) is 10.6 Å². The lowest BCUT2D eigenvalue weighted by molar-refractivity contribution is -0.110. The minimum Gasteiger partial charge on any atom is -0.389 e. The van der Waals surface area contributed by atoms with Gasteiger partial charge in [-0.1, -0.05) is 23.4 Å². The Bertz CT molecular complexity index is 1120. The molecule has 1 fully saturated rings. The summed E-state index contributed by atoms with van der Waals surface area (Å²) in [7, 11) is -3.01. The van der Waals surface area contributed by atoms with E-state index in [2.05, 4.69) is 20.4 Å². The molecule has 12 heteroatoms. The van der Waals surface area contributed by atoms with E-state index in [4.69, 9.17) is 9.57 Å². The van der Waals surface area contributed by atoms with E-state index >= 15 is 0 Å². The normalized spacial score (nSPS) is 19.7. The molecule has 5 N–H and O–H groups in total. The molecule has 0 radical (unpaired) electrons. The molecule has 1 unspecified atom stereocenters. The summed E-state index contributed by atoms with van der Waals surface area (Å²) in [6.07, 6.45) is 3.95. The molecule has 4 rings (SSSR count). The van der Waals surface area contributed by atoms with E-state index in [1.165, 1.54) is 38.4 Å². The maximum atomic E-state index is 13.1. The largest absolute Gasteiger partial charge is 0.389 e. The van der Waals surface area contributed by atoms with Crippen LogP contribution in [0.1, 0.15) is 44.1 Å². The number of benzene rings is 1. The van der Waals surface area contributed by atoms with Crippen LogP contribution in [0.4, 0.5) is 5.82 Å². The molecular formula is C23H28N4O7S. The third-order valence-corrected chi connectivity index (χ3v) is 7.45. The second kappa shape index (κ2) is 10.0. The van der Waals surface area contributed by atoms with Crippen LogP contribution < -0.4 is 5.32 Å². The van der Waals surface area contributed by atoms with Crippen molar-refractivity contribution in [1.82, 2.24) is 9.97 Å². The highest BCUT2D eigenvalue weighted by atomic mass is 32.3. The van der Waals surface area contributed by atoms with Crippen molar-refractivity contribution >= 4 is 28.0 Å². The summed E-state index contributed by atoms with van der Waals surface area (Å²) in [5, 5.41) is 26.7. The van der Waals surface area contributed by atoms with Crippen LogP contribution in [0.5, 0.6) is 0 Å². The lowest BCUT2D eigenvalue weighted by atomic mass is 10.00. The van der Waals surface area contributed by atoms with Crippen LogP contribution in [-0.2, 0) is 14.4 Å². The molecule has 1 aliphatic carbocycles.